The Morgan fingerprint density at radius 2 is 1.09 bits per heavy atom. The maximum Gasteiger partial charge on any atom is 0.357 e. The Morgan fingerprint density at radius 1 is 0.739 bits per heavy atom. The molecule has 0 radical (unpaired) electrons. The van der Waals surface area contributed by atoms with Crippen molar-refractivity contribution in [2.45, 2.75) is 13.8 Å². The maximum absolute atomic E-state index is 11.6. The minimum atomic E-state index is -0.357. The highest BCUT2D eigenvalue weighted by molar-refractivity contribution is 5.89. The summed E-state index contributed by atoms with van der Waals surface area (Å²) in [7, 11) is 0. The van der Waals surface area contributed by atoms with Gasteiger partial charge in [0.2, 0.25) is 0 Å². The van der Waals surface area contributed by atoms with Crippen LogP contribution in [0.1, 0.15) is 34.6 Å². The summed E-state index contributed by atoms with van der Waals surface area (Å²) in [5.41, 5.74) is 1.13. The quantitative estimate of drug-likeness (QED) is 0.489. The Bertz CT molecular complexity index is 603. The Hall–Kier alpha value is -1.89. The average molecular weight is 425 g/mol. The number of carbonyl (C=O) groups excluding carboxylic acids is 2. The average Bonchev–Trinajstić information content (AvgIpc) is 2.56. The van der Waals surface area contributed by atoms with Crippen LogP contribution < -0.4 is 21.2 Å². The molecule has 2 rings (SSSR count). The van der Waals surface area contributed by atoms with Gasteiger partial charge in [0.1, 0.15) is 0 Å². The SMILES string of the molecule is CCOC(=O)c1ccc([I+]c2ccc(C(=O)OCC)cc2)cc1. The molecule has 0 atom stereocenters. The summed E-state index contributed by atoms with van der Waals surface area (Å²) in [4.78, 5) is 23.2. The highest BCUT2D eigenvalue weighted by Gasteiger charge is 2.17. The molecule has 5 heteroatoms. The first-order valence-electron chi connectivity index (χ1n) is 7.33. The van der Waals surface area contributed by atoms with Crippen LogP contribution in [0.4, 0.5) is 0 Å². The van der Waals surface area contributed by atoms with E-state index in [4.69, 9.17) is 9.47 Å². The van der Waals surface area contributed by atoms with Crippen LogP contribution in [0.15, 0.2) is 48.5 Å². The zero-order valence-electron chi connectivity index (χ0n) is 13.0. The Balaban J connectivity index is 2.02. The summed E-state index contributed by atoms with van der Waals surface area (Å²) >= 11 is -0.357. The Kier molecular flexibility index (Phi) is 6.58. The predicted molar refractivity (Wildman–Crippen MR) is 82.2 cm³/mol. The van der Waals surface area contributed by atoms with Gasteiger partial charge < -0.3 is 9.47 Å². The molecule has 0 fully saturated rings. The molecule has 120 valence electrons. The molecule has 0 aliphatic rings. The molecule has 0 saturated heterocycles. The molecule has 23 heavy (non-hydrogen) atoms. The van der Waals surface area contributed by atoms with Crippen molar-refractivity contribution in [2.75, 3.05) is 13.2 Å². The van der Waals surface area contributed by atoms with E-state index < -0.39 is 0 Å². The summed E-state index contributed by atoms with van der Waals surface area (Å²) in [6, 6.07) is 15.0. The van der Waals surface area contributed by atoms with Crippen molar-refractivity contribution in [1.29, 1.82) is 0 Å². The van der Waals surface area contributed by atoms with Crippen molar-refractivity contribution in [3.63, 3.8) is 0 Å². The smallest absolute Gasteiger partial charge is 0.357 e. The summed E-state index contributed by atoms with van der Waals surface area (Å²) in [5, 5.41) is 0. The molecule has 0 unspecified atom stereocenters. The first-order valence-corrected chi connectivity index (χ1v) is 9.49. The minimum absolute atomic E-state index is 0.295. The highest BCUT2D eigenvalue weighted by Crippen LogP contribution is 2.02. The fraction of sp³-hybridized carbons (Fsp3) is 0.222. The predicted octanol–water partition coefficient (Wildman–Crippen LogP) is 0.168. The number of ether oxygens (including phenoxy) is 2. The van der Waals surface area contributed by atoms with Crippen molar-refractivity contribution >= 4 is 11.9 Å². The molecular formula is C18H18IO4+. The Morgan fingerprint density at radius 3 is 1.39 bits per heavy atom. The summed E-state index contributed by atoms with van der Waals surface area (Å²) in [6.45, 7) is 4.33. The van der Waals surface area contributed by atoms with Crippen molar-refractivity contribution < 1.29 is 40.3 Å². The van der Waals surface area contributed by atoms with Crippen LogP contribution in [0.2, 0.25) is 0 Å². The number of hydrogen-bond donors (Lipinski definition) is 0. The molecule has 0 saturated carbocycles. The fourth-order valence-electron chi connectivity index (χ4n) is 1.85. The van der Waals surface area contributed by atoms with E-state index >= 15 is 0 Å². The second-order valence-electron chi connectivity index (χ2n) is 4.55. The van der Waals surface area contributed by atoms with Crippen molar-refractivity contribution in [1.82, 2.24) is 0 Å². The monoisotopic (exact) mass is 425 g/mol. The van der Waals surface area contributed by atoms with E-state index in [1.54, 1.807) is 38.1 Å². The highest BCUT2D eigenvalue weighted by atomic mass is 127. The van der Waals surface area contributed by atoms with Gasteiger partial charge in [-0.1, -0.05) is 0 Å². The van der Waals surface area contributed by atoms with Crippen LogP contribution in [0.25, 0.3) is 0 Å². The molecule has 4 nitrogen and oxygen atoms in total. The lowest BCUT2D eigenvalue weighted by Crippen LogP contribution is -3.61. The number of benzene rings is 2. The van der Waals surface area contributed by atoms with Crippen LogP contribution in [-0.2, 0) is 9.47 Å². The van der Waals surface area contributed by atoms with E-state index in [9.17, 15) is 9.59 Å². The molecule has 0 heterocycles. The lowest BCUT2D eigenvalue weighted by Gasteiger charge is -2.00. The van der Waals surface area contributed by atoms with E-state index in [2.05, 4.69) is 0 Å². The number of rotatable bonds is 6. The molecule has 0 N–H and O–H groups in total. The fourth-order valence-corrected chi connectivity index (χ4v) is 4.01. The van der Waals surface area contributed by atoms with E-state index in [0.717, 1.165) is 0 Å². The van der Waals surface area contributed by atoms with E-state index in [1.165, 1.54) is 7.14 Å². The van der Waals surface area contributed by atoms with Gasteiger partial charge in [-0.25, -0.2) is 9.59 Å². The second kappa shape index (κ2) is 8.67. The molecule has 0 spiro atoms. The number of halogens is 1. The van der Waals surface area contributed by atoms with Crippen molar-refractivity contribution in [2.24, 2.45) is 0 Å². The van der Waals surface area contributed by atoms with E-state index in [1.807, 2.05) is 24.3 Å². The van der Waals surface area contributed by atoms with Gasteiger partial charge in [-0.3, -0.25) is 0 Å². The molecule has 2 aromatic rings. The zero-order valence-corrected chi connectivity index (χ0v) is 15.2. The molecule has 0 aliphatic heterocycles. The number of esters is 2. The topological polar surface area (TPSA) is 52.6 Å². The normalized spacial score (nSPS) is 10.2. The summed E-state index contributed by atoms with van der Waals surface area (Å²) in [6.07, 6.45) is 0. The lowest BCUT2D eigenvalue weighted by atomic mass is 10.2. The minimum Gasteiger partial charge on any atom is -0.462 e. The molecule has 0 aromatic heterocycles. The first kappa shape index (κ1) is 17.5. The summed E-state index contributed by atoms with van der Waals surface area (Å²) < 4.78 is 12.3. The summed E-state index contributed by atoms with van der Waals surface area (Å²) in [5.74, 6) is -0.591. The molecule has 0 aliphatic carbocycles. The Labute approximate surface area is 146 Å². The van der Waals surface area contributed by atoms with Crippen LogP contribution in [0.5, 0.6) is 0 Å². The molecule has 2 aromatic carbocycles. The maximum atomic E-state index is 11.6. The zero-order chi connectivity index (χ0) is 16.7. The van der Waals surface area contributed by atoms with Crippen LogP contribution in [0.3, 0.4) is 0 Å². The van der Waals surface area contributed by atoms with Crippen LogP contribution in [-0.4, -0.2) is 25.2 Å². The van der Waals surface area contributed by atoms with Gasteiger partial charge in [0.15, 0.2) is 7.14 Å². The third-order valence-electron chi connectivity index (χ3n) is 2.93. The third kappa shape index (κ3) is 5.06. The number of hydrogen-bond acceptors (Lipinski definition) is 4. The first-order chi connectivity index (χ1) is 11.1. The van der Waals surface area contributed by atoms with Gasteiger partial charge in [-0.15, -0.1) is 0 Å². The van der Waals surface area contributed by atoms with Crippen LogP contribution >= 0.6 is 0 Å². The second-order valence-corrected chi connectivity index (χ2v) is 7.58. The molecule has 0 amide bonds. The van der Waals surface area contributed by atoms with Gasteiger partial charge in [0, 0.05) is 0 Å². The van der Waals surface area contributed by atoms with Gasteiger partial charge in [-0.2, -0.15) is 0 Å². The third-order valence-corrected chi connectivity index (χ3v) is 5.61. The largest absolute Gasteiger partial charge is 0.462 e. The lowest BCUT2D eigenvalue weighted by molar-refractivity contribution is -0.597. The van der Waals surface area contributed by atoms with Gasteiger partial charge in [0.05, 0.1) is 24.3 Å². The van der Waals surface area contributed by atoms with Gasteiger partial charge in [-0.05, 0) is 62.4 Å². The van der Waals surface area contributed by atoms with Crippen LogP contribution in [0, 0.1) is 7.14 Å². The van der Waals surface area contributed by atoms with Crippen molar-refractivity contribution in [3.05, 3.63) is 66.8 Å². The van der Waals surface area contributed by atoms with E-state index in [0.29, 0.717) is 24.3 Å². The van der Waals surface area contributed by atoms with Gasteiger partial charge in [0.25, 0.3) is 0 Å². The van der Waals surface area contributed by atoms with Crippen molar-refractivity contribution in [3.8, 4) is 0 Å². The number of carbonyl (C=O) groups is 2. The van der Waals surface area contributed by atoms with Gasteiger partial charge >= 0.3 is 33.1 Å². The van der Waals surface area contributed by atoms with E-state index in [-0.39, 0.29) is 33.1 Å². The molecular weight excluding hydrogens is 407 g/mol. The standard InChI is InChI=1S/C18H18IO4/c1-3-22-17(20)13-5-9-15(10-6-13)19-16-11-7-14(8-12-16)18(21)23-4-2/h5-12H,3-4H2,1-2H3/q+1. The molecule has 0 bridgehead atoms.